The molecule has 2 bridgehead atoms. The molecule has 4 heteroatoms. The Kier molecular flexibility index (Phi) is 8.63. The normalized spacial score (nSPS) is 25.9. The lowest BCUT2D eigenvalue weighted by atomic mass is 9.86. The number of hydrogen-bond donors (Lipinski definition) is 4. The van der Waals surface area contributed by atoms with Gasteiger partial charge in [-0.05, 0) is 87.6 Å². The van der Waals surface area contributed by atoms with E-state index in [9.17, 15) is 5.11 Å². The molecule has 1 aromatic carbocycles. The van der Waals surface area contributed by atoms with Gasteiger partial charge in [0.15, 0.2) is 0 Å². The topological polar surface area (TPSA) is 56.3 Å². The Hall–Kier alpha value is -1.10. The maximum Gasteiger partial charge on any atom is 0.115 e. The van der Waals surface area contributed by atoms with Gasteiger partial charge in [-0.15, -0.1) is 0 Å². The van der Waals surface area contributed by atoms with Crippen LogP contribution >= 0.6 is 0 Å². The fourth-order valence-corrected chi connectivity index (χ4v) is 5.52. The van der Waals surface area contributed by atoms with Gasteiger partial charge in [-0.1, -0.05) is 31.9 Å². The molecule has 0 heterocycles. The number of phenols is 1. The maximum atomic E-state index is 9.49. The van der Waals surface area contributed by atoms with E-state index in [0.717, 1.165) is 37.3 Å². The average Bonchev–Trinajstić information content (AvgIpc) is 3.31. The molecule has 2 aliphatic rings. The third-order valence-corrected chi connectivity index (χ3v) is 6.99. The molecule has 0 aliphatic heterocycles. The molecule has 0 amide bonds. The molecule has 0 radical (unpaired) electrons. The van der Waals surface area contributed by atoms with Crippen LogP contribution in [0, 0.1) is 17.8 Å². The minimum absolute atomic E-state index is 0.338. The summed E-state index contributed by atoms with van der Waals surface area (Å²) >= 11 is 0. The van der Waals surface area contributed by atoms with Gasteiger partial charge in [-0.3, -0.25) is 0 Å². The Labute approximate surface area is 171 Å². The van der Waals surface area contributed by atoms with E-state index in [0.29, 0.717) is 17.8 Å². The fourth-order valence-electron chi connectivity index (χ4n) is 5.52. The first-order valence-electron chi connectivity index (χ1n) is 11.6. The molecule has 0 saturated heterocycles. The van der Waals surface area contributed by atoms with Crippen LogP contribution < -0.4 is 16.0 Å². The summed E-state index contributed by atoms with van der Waals surface area (Å²) in [6.07, 6.45) is 10.8. The monoisotopic (exact) mass is 387 g/mol. The van der Waals surface area contributed by atoms with Crippen molar-refractivity contribution in [2.45, 2.75) is 70.4 Å². The summed E-state index contributed by atoms with van der Waals surface area (Å²) in [7, 11) is 2.02. The largest absolute Gasteiger partial charge is 0.508 e. The molecular formula is C24H41N3O. The van der Waals surface area contributed by atoms with Crippen molar-refractivity contribution >= 4 is 0 Å². The molecule has 2 fully saturated rings. The van der Waals surface area contributed by atoms with Crippen molar-refractivity contribution < 1.29 is 5.11 Å². The van der Waals surface area contributed by atoms with E-state index in [-0.39, 0.29) is 0 Å². The van der Waals surface area contributed by atoms with E-state index >= 15 is 0 Å². The Morgan fingerprint density at radius 2 is 1.86 bits per heavy atom. The number of hydrogen-bond acceptors (Lipinski definition) is 4. The summed E-state index contributed by atoms with van der Waals surface area (Å²) in [4.78, 5) is 0. The second-order valence-corrected chi connectivity index (χ2v) is 9.20. The smallest absolute Gasteiger partial charge is 0.115 e. The molecule has 158 valence electrons. The van der Waals surface area contributed by atoms with E-state index in [1.54, 1.807) is 12.1 Å². The molecule has 0 spiro atoms. The van der Waals surface area contributed by atoms with Crippen molar-refractivity contribution in [2.24, 2.45) is 17.8 Å². The summed E-state index contributed by atoms with van der Waals surface area (Å²) in [6, 6.07) is 8.57. The second-order valence-electron chi connectivity index (χ2n) is 9.20. The van der Waals surface area contributed by atoms with Gasteiger partial charge in [-0.25, -0.2) is 0 Å². The SMILES string of the molecule is CCC[C@H](CN[C@H](CNC)Cc1ccc(O)cc1)NCCC1CC2CCC1C2. The molecule has 0 aromatic heterocycles. The van der Waals surface area contributed by atoms with Crippen LogP contribution in [0.3, 0.4) is 0 Å². The lowest BCUT2D eigenvalue weighted by Crippen LogP contribution is -2.46. The number of likely N-dealkylation sites (N-methyl/N-ethyl adjacent to an activating group) is 1. The average molecular weight is 388 g/mol. The minimum atomic E-state index is 0.338. The van der Waals surface area contributed by atoms with Crippen LogP contribution in [0.5, 0.6) is 5.75 Å². The number of phenolic OH excluding ortho intramolecular Hbond substituents is 1. The zero-order chi connectivity index (χ0) is 19.8. The molecule has 3 unspecified atom stereocenters. The first-order valence-corrected chi connectivity index (χ1v) is 11.6. The first kappa shape index (κ1) is 21.6. The van der Waals surface area contributed by atoms with E-state index in [1.165, 1.54) is 57.1 Å². The Morgan fingerprint density at radius 1 is 1.04 bits per heavy atom. The standard InChI is InChI=1S/C24H41N3O/c1-3-4-22(26-12-11-21-14-19-5-8-20(21)13-19)17-27-23(16-25-2)15-18-6-9-24(28)10-7-18/h6-7,9-10,19-23,25-28H,3-5,8,11-17H2,1-2H3/t19?,20?,21?,22-,23+/m1/s1. The number of rotatable bonds is 13. The van der Waals surface area contributed by atoms with Crippen LogP contribution in [0.1, 0.15) is 57.4 Å². The van der Waals surface area contributed by atoms with Gasteiger partial charge in [0.05, 0.1) is 0 Å². The zero-order valence-corrected chi connectivity index (χ0v) is 17.9. The fraction of sp³-hybridized carbons (Fsp3) is 0.750. The van der Waals surface area contributed by atoms with Crippen molar-refractivity contribution in [3.8, 4) is 5.75 Å². The molecule has 4 N–H and O–H groups in total. The summed E-state index contributed by atoms with van der Waals surface area (Å²) in [6.45, 7) is 5.43. The van der Waals surface area contributed by atoms with Crippen LogP contribution in [0.15, 0.2) is 24.3 Å². The summed E-state index contributed by atoms with van der Waals surface area (Å²) in [5.74, 6) is 3.43. The number of fused-ring (bicyclic) bond motifs is 2. The van der Waals surface area contributed by atoms with Gasteiger partial charge >= 0.3 is 0 Å². The molecule has 3 rings (SSSR count). The Balaban J connectivity index is 1.41. The molecule has 1 aromatic rings. The van der Waals surface area contributed by atoms with E-state index in [4.69, 9.17) is 0 Å². The highest BCUT2D eigenvalue weighted by atomic mass is 16.3. The molecular weight excluding hydrogens is 346 g/mol. The van der Waals surface area contributed by atoms with Gasteiger partial charge in [0.2, 0.25) is 0 Å². The lowest BCUT2D eigenvalue weighted by molar-refractivity contribution is 0.300. The van der Waals surface area contributed by atoms with E-state index in [1.807, 2.05) is 19.2 Å². The lowest BCUT2D eigenvalue weighted by Gasteiger charge is -2.26. The molecule has 2 aliphatic carbocycles. The van der Waals surface area contributed by atoms with Crippen LogP contribution in [0.25, 0.3) is 0 Å². The van der Waals surface area contributed by atoms with Crippen molar-refractivity contribution in [3.63, 3.8) is 0 Å². The van der Waals surface area contributed by atoms with Crippen molar-refractivity contribution in [3.05, 3.63) is 29.8 Å². The summed E-state index contributed by atoms with van der Waals surface area (Å²) in [5, 5.41) is 20.5. The van der Waals surface area contributed by atoms with Crippen LogP contribution in [-0.4, -0.2) is 43.9 Å². The predicted molar refractivity (Wildman–Crippen MR) is 118 cm³/mol. The molecule has 5 atom stereocenters. The van der Waals surface area contributed by atoms with Crippen molar-refractivity contribution in [1.82, 2.24) is 16.0 Å². The van der Waals surface area contributed by atoms with Gasteiger partial charge < -0.3 is 21.1 Å². The second kappa shape index (κ2) is 11.2. The third kappa shape index (κ3) is 6.47. The van der Waals surface area contributed by atoms with E-state index < -0.39 is 0 Å². The van der Waals surface area contributed by atoms with Gasteiger partial charge in [-0.2, -0.15) is 0 Å². The quantitative estimate of drug-likeness (QED) is 0.417. The number of nitrogens with one attached hydrogen (secondary N) is 3. The van der Waals surface area contributed by atoms with Gasteiger partial charge in [0.25, 0.3) is 0 Å². The highest BCUT2D eigenvalue weighted by Crippen LogP contribution is 2.49. The van der Waals surface area contributed by atoms with Crippen molar-refractivity contribution in [2.75, 3.05) is 26.7 Å². The first-order chi connectivity index (χ1) is 13.7. The molecule has 28 heavy (non-hydrogen) atoms. The number of aromatic hydroxyl groups is 1. The van der Waals surface area contributed by atoms with Gasteiger partial charge in [0.1, 0.15) is 5.75 Å². The van der Waals surface area contributed by atoms with Crippen LogP contribution in [0.4, 0.5) is 0 Å². The Bertz CT molecular complexity index is 561. The summed E-state index contributed by atoms with van der Waals surface area (Å²) < 4.78 is 0. The van der Waals surface area contributed by atoms with Gasteiger partial charge in [0, 0.05) is 25.2 Å². The Morgan fingerprint density at radius 3 is 2.50 bits per heavy atom. The van der Waals surface area contributed by atoms with Crippen LogP contribution in [-0.2, 0) is 6.42 Å². The molecule has 4 nitrogen and oxygen atoms in total. The van der Waals surface area contributed by atoms with Crippen LogP contribution in [0.2, 0.25) is 0 Å². The third-order valence-electron chi connectivity index (χ3n) is 6.99. The molecule has 2 saturated carbocycles. The maximum absolute atomic E-state index is 9.49. The minimum Gasteiger partial charge on any atom is -0.508 e. The van der Waals surface area contributed by atoms with Crippen molar-refractivity contribution in [1.29, 1.82) is 0 Å². The highest BCUT2D eigenvalue weighted by molar-refractivity contribution is 5.26. The van der Waals surface area contributed by atoms with E-state index in [2.05, 4.69) is 22.9 Å². The predicted octanol–water partition coefficient (Wildman–Crippen LogP) is 3.70. The highest BCUT2D eigenvalue weighted by Gasteiger charge is 2.38. The number of benzene rings is 1. The zero-order valence-electron chi connectivity index (χ0n) is 17.9. The summed E-state index contributed by atoms with van der Waals surface area (Å²) in [5.41, 5.74) is 1.27.